The molecule has 0 aliphatic carbocycles. The smallest absolute Gasteiger partial charge is 0.360 e. The van der Waals surface area contributed by atoms with Gasteiger partial charge in [0, 0.05) is 17.3 Å². The molecule has 0 saturated heterocycles. The number of nitrogens with one attached hydrogen (secondary N) is 1. The van der Waals surface area contributed by atoms with Crippen LogP contribution in [0.3, 0.4) is 0 Å². The first-order valence-electron chi connectivity index (χ1n) is 11.1. The molecule has 1 N–H and O–H groups in total. The number of hydrogen-bond donors (Lipinski definition) is 1. The number of nitrogens with zero attached hydrogens (tertiary/aromatic N) is 2. The van der Waals surface area contributed by atoms with Crippen LogP contribution in [0.4, 0.5) is 5.00 Å². The third-order valence-corrected chi connectivity index (χ3v) is 6.42. The number of carbonyl (C=O) groups excluding carboxylic acids is 3. The van der Waals surface area contributed by atoms with Gasteiger partial charge in [-0.1, -0.05) is 48.5 Å². The lowest BCUT2D eigenvalue weighted by Crippen LogP contribution is -2.31. The topological polar surface area (TPSA) is 117 Å². The molecule has 0 spiro atoms. The zero-order valence-corrected chi connectivity index (χ0v) is 20.6. The van der Waals surface area contributed by atoms with E-state index in [1.165, 1.54) is 25.3 Å². The van der Waals surface area contributed by atoms with Crippen LogP contribution in [0.25, 0.3) is 21.2 Å². The van der Waals surface area contributed by atoms with Crippen molar-refractivity contribution in [1.82, 2.24) is 9.78 Å². The minimum Gasteiger partial charge on any atom is -0.462 e. The average Bonchev–Trinajstić information content (AvgIpc) is 3.30. The molecule has 4 aromatic rings. The fourth-order valence-electron chi connectivity index (χ4n) is 3.52. The van der Waals surface area contributed by atoms with Gasteiger partial charge in [-0.2, -0.15) is 5.10 Å². The molecule has 36 heavy (non-hydrogen) atoms. The minimum absolute atomic E-state index is 0.0814. The summed E-state index contributed by atoms with van der Waals surface area (Å²) in [6.07, 6.45) is -1.22. The van der Waals surface area contributed by atoms with Crippen molar-refractivity contribution in [3.05, 3.63) is 82.3 Å². The van der Waals surface area contributed by atoms with Crippen molar-refractivity contribution in [1.29, 1.82) is 0 Å². The molecule has 0 aliphatic heterocycles. The van der Waals surface area contributed by atoms with Gasteiger partial charge in [-0.15, -0.1) is 11.3 Å². The number of amides is 1. The molecular formula is C26H23N3O6S. The number of aryl methyl sites for hydroxylation is 1. The van der Waals surface area contributed by atoms with Gasteiger partial charge in [0.1, 0.15) is 5.00 Å². The van der Waals surface area contributed by atoms with Crippen molar-refractivity contribution in [2.45, 2.75) is 20.0 Å². The third kappa shape index (κ3) is 5.03. The lowest BCUT2D eigenvalue weighted by Gasteiger charge is -2.14. The van der Waals surface area contributed by atoms with Crippen LogP contribution in [0.2, 0.25) is 0 Å². The summed E-state index contributed by atoms with van der Waals surface area (Å²) >= 11 is 1.21. The molecule has 2 heterocycles. The maximum absolute atomic E-state index is 12.9. The van der Waals surface area contributed by atoms with Crippen LogP contribution < -0.4 is 10.9 Å². The summed E-state index contributed by atoms with van der Waals surface area (Å²) in [4.78, 5) is 51.4. The van der Waals surface area contributed by atoms with Gasteiger partial charge < -0.3 is 14.8 Å². The summed E-state index contributed by atoms with van der Waals surface area (Å²) in [5.41, 5.74) is 0.646. The molecular weight excluding hydrogens is 482 g/mol. The van der Waals surface area contributed by atoms with Crippen LogP contribution in [-0.4, -0.2) is 40.3 Å². The summed E-state index contributed by atoms with van der Waals surface area (Å²) in [5.74, 6) is -2.06. The van der Waals surface area contributed by atoms with E-state index in [1.807, 2.05) is 30.3 Å². The van der Waals surface area contributed by atoms with E-state index in [-0.39, 0.29) is 28.4 Å². The second-order valence-corrected chi connectivity index (χ2v) is 8.85. The van der Waals surface area contributed by atoms with E-state index in [2.05, 4.69) is 10.4 Å². The van der Waals surface area contributed by atoms with E-state index in [0.717, 1.165) is 15.1 Å². The zero-order valence-electron chi connectivity index (χ0n) is 19.8. The van der Waals surface area contributed by atoms with Crippen molar-refractivity contribution in [3.8, 4) is 10.4 Å². The standard InChI is InChI=1S/C26H23N3O6S/c1-4-34-25(32)19-14-20(16-10-6-5-7-11-16)36-23(19)27-22(30)15(2)35-26(33)21-17-12-8-9-13-18(17)24(31)29(3)28-21/h5-15H,4H2,1-3H3,(H,27,30)/t15-/m0/s1. The lowest BCUT2D eigenvalue weighted by atomic mass is 10.1. The highest BCUT2D eigenvalue weighted by Gasteiger charge is 2.26. The monoisotopic (exact) mass is 505 g/mol. The number of anilines is 1. The number of carbonyl (C=O) groups is 3. The number of esters is 2. The predicted octanol–water partition coefficient (Wildman–Crippen LogP) is 4.02. The summed E-state index contributed by atoms with van der Waals surface area (Å²) in [6.45, 7) is 3.28. The molecule has 0 fully saturated rings. The molecule has 0 bridgehead atoms. The Kier molecular flexibility index (Phi) is 7.25. The predicted molar refractivity (Wildman–Crippen MR) is 136 cm³/mol. The van der Waals surface area contributed by atoms with Crippen LogP contribution in [0, 0.1) is 0 Å². The van der Waals surface area contributed by atoms with Crippen LogP contribution in [0.15, 0.2) is 65.5 Å². The van der Waals surface area contributed by atoms with Crippen molar-refractivity contribution in [2.24, 2.45) is 7.05 Å². The van der Waals surface area contributed by atoms with E-state index in [1.54, 1.807) is 37.3 Å². The second kappa shape index (κ2) is 10.5. The number of ether oxygens (including phenoxy) is 2. The summed E-state index contributed by atoms with van der Waals surface area (Å²) < 4.78 is 11.6. The van der Waals surface area contributed by atoms with Crippen LogP contribution >= 0.6 is 11.3 Å². The molecule has 0 unspecified atom stereocenters. The molecule has 10 heteroatoms. The largest absolute Gasteiger partial charge is 0.462 e. The molecule has 9 nitrogen and oxygen atoms in total. The minimum atomic E-state index is -1.22. The molecule has 0 radical (unpaired) electrons. The van der Waals surface area contributed by atoms with Crippen molar-refractivity contribution >= 4 is 45.0 Å². The number of thiophene rings is 1. The van der Waals surface area contributed by atoms with E-state index >= 15 is 0 Å². The van der Waals surface area contributed by atoms with Gasteiger partial charge in [0.15, 0.2) is 11.8 Å². The first kappa shape index (κ1) is 24.8. The molecule has 1 amide bonds. The van der Waals surface area contributed by atoms with Gasteiger partial charge in [0.25, 0.3) is 11.5 Å². The van der Waals surface area contributed by atoms with Crippen molar-refractivity contribution < 1.29 is 23.9 Å². The van der Waals surface area contributed by atoms with Crippen LogP contribution in [-0.2, 0) is 21.3 Å². The Labute approximate surface area is 210 Å². The molecule has 184 valence electrons. The van der Waals surface area contributed by atoms with E-state index < -0.39 is 23.9 Å². The van der Waals surface area contributed by atoms with Gasteiger partial charge in [-0.3, -0.25) is 9.59 Å². The van der Waals surface area contributed by atoms with Gasteiger partial charge >= 0.3 is 11.9 Å². The highest BCUT2D eigenvalue weighted by molar-refractivity contribution is 7.20. The highest BCUT2D eigenvalue weighted by Crippen LogP contribution is 2.36. The Bertz CT molecular complexity index is 1510. The number of hydrogen-bond acceptors (Lipinski definition) is 8. The van der Waals surface area contributed by atoms with Crippen LogP contribution in [0.1, 0.15) is 34.7 Å². The summed E-state index contributed by atoms with van der Waals surface area (Å²) in [5, 5.41) is 7.63. The second-order valence-electron chi connectivity index (χ2n) is 7.80. The van der Waals surface area contributed by atoms with Crippen molar-refractivity contribution in [2.75, 3.05) is 11.9 Å². The van der Waals surface area contributed by atoms with E-state index in [4.69, 9.17) is 9.47 Å². The van der Waals surface area contributed by atoms with E-state index in [9.17, 15) is 19.2 Å². The van der Waals surface area contributed by atoms with Gasteiger partial charge in [0.05, 0.1) is 17.6 Å². The molecule has 2 aromatic heterocycles. The quantitative estimate of drug-likeness (QED) is 0.377. The summed E-state index contributed by atoms with van der Waals surface area (Å²) in [6, 6.07) is 17.6. The molecule has 0 aliphatic rings. The highest BCUT2D eigenvalue weighted by atomic mass is 32.1. The van der Waals surface area contributed by atoms with Gasteiger partial charge in [-0.05, 0) is 31.5 Å². The third-order valence-electron chi connectivity index (χ3n) is 5.33. The first-order valence-corrected chi connectivity index (χ1v) is 12.0. The SMILES string of the molecule is CCOC(=O)c1cc(-c2ccccc2)sc1NC(=O)[C@H](C)OC(=O)c1nn(C)c(=O)c2ccccc12. The maximum Gasteiger partial charge on any atom is 0.360 e. The van der Waals surface area contributed by atoms with Crippen LogP contribution in [0.5, 0.6) is 0 Å². The molecule has 4 rings (SSSR count). The normalized spacial score (nSPS) is 11.6. The van der Waals surface area contributed by atoms with Gasteiger partial charge in [-0.25, -0.2) is 14.3 Å². The Morgan fingerprint density at radius 3 is 2.39 bits per heavy atom. The Hall–Kier alpha value is -4.31. The number of rotatable bonds is 7. The average molecular weight is 506 g/mol. The lowest BCUT2D eigenvalue weighted by molar-refractivity contribution is -0.123. The fourth-order valence-corrected chi connectivity index (χ4v) is 4.58. The summed E-state index contributed by atoms with van der Waals surface area (Å²) in [7, 11) is 1.43. The van der Waals surface area contributed by atoms with E-state index in [0.29, 0.717) is 10.8 Å². The molecule has 1 atom stereocenters. The maximum atomic E-state index is 12.9. The number of aromatic nitrogens is 2. The fraction of sp³-hybridized carbons (Fsp3) is 0.192. The van der Waals surface area contributed by atoms with Crippen molar-refractivity contribution in [3.63, 3.8) is 0 Å². The Morgan fingerprint density at radius 2 is 1.69 bits per heavy atom. The number of fused-ring (bicyclic) bond motifs is 1. The molecule has 2 aromatic carbocycles. The molecule has 0 saturated carbocycles. The first-order chi connectivity index (χ1) is 17.3. The number of benzene rings is 2. The Morgan fingerprint density at radius 1 is 1.03 bits per heavy atom. The Balaban J connectivity index is 1.57. The van der Waals surface area contributed by atoms with Gasteiger partial charge in [0.2, 0.25) is 0 Å². The zero-order chi connectivity index (χ0) is 25.8.